The van der Waals surface area contributed by atoms with Gasteiger partial charge >= 0.3 is 0 Å². The number of aryl methyl sites for hydroxylation is 1. The van der Waals surface area contributed by atoms with E-state index >= 15 is 0 Å². The van der Waals surface area contributed by atoms with Crippen LogP contribution in [0.25, 0.3) is 0 Å². The maximum Gasteiger partial charge on any atom is 0.0504 e. The molecular weight excluding hydrogens is 206 g/mol. The first-order valence-electron chi connectivity index (χ1n) is 5.30. The van der Waals surface area contributed by atoms with Crippen LogP contribution in [0, 0.1) is 6.92 Å². The smallest absolute Gasteiger partial charge is 0.0504 e. The third kappa shape index (κ3) is 3.69. The quantitative estimate of drug-likeness (QED) is 0.748. The first kappa shape index (κ1) is 12.3. The van der Waals surface area contributed by atoms with Crippen LogP contribution in [0.2, 0.25) is 5.02 Å². The molecule has 0 saturated carbocycles. The van der Waals surface area contributed by atoms with Crippen LogP contribution in [0.5, 0.6) is 0 Å². The number of rotatable bonds is 5. The summed E-state index contributed by atoms with van der Waals surface area (Å²) in [5.41, 5.74) is 2.37. The van der Waals surface area contributed by atoms with Crippen molar-refractivity contribution in [1.82, 2.24) is 5.32 Å². The summed E-state index contributed by atoms with van der Waals surface area (Å²) in [4.78, 5) is 0. The van der Waals surface area contributed by atoms with E-state index in [1.807, 2.05) is 18.2 Å². The fourth-order valence-electron chi connectivity index (χ4n) is 1.58. The molecule has 0 radical (unpaired) electrons. The molecule has 0 heterocycles. The van der Waals surface area contributed by atoms with Crippen LogP contribution >= 0.6 is 11.6 Å². The molecule has 0 spiro atoms. The lowest BCUT2D eigenvalue weighted by atomic mass is 10.0. The van der Waals surface area contributed by atoms with Crippen molar-refractivity contribution in [3.8, 4) is 0 Å². The van der Waals surface area contributed by atoms with Crippen molar-refractivity contribution in [3.05, 3.63) is 47.0 Å². The lowest BCUT2D eigenvalue weighted by Crippen LogP contribution is -2.20. The highest BCUT2D eigenvalue weighted by Gasteiger charge is 2.07. The summed E-state index contributed by atoms with van der Waals surface area (Å²) in [5, 5.41) is 4.20. The third-order valence-corrected chi connectivity index (χ3v) is 2.49. The molecule has 1 rings (SSSR count). The number of hydrogen-bond acceptors (Lipinski definition) is 1. The summed E-state index contributed by atoms with van der Waals surface area (Å²) in [6.07, 6.45) is 3.03. The van der Waals surface area contributed by atoms with E-state index in [-0.39, 0.29) is 6.04 Å². The molecule has 1 N–H and O–H groups in total. The molecule has 0 aromatic heterocycles. The number of nitrogens with one attached hydrogen (secondary N) is 1. The minimum atomic E-state index is 0.197. The second-order valence-electron chi connectivity index (χ2n) is 3.73. The third-order valence-electron chi connectivity index (χ3n) is 2.27. The van der Waals surface area contributed by atoms with Gasteiger partial charge in [-0.15, -0.1) is 6.58 Å². The normalized spacial score (nSPS) is 12.5. The molecule has 0 aliphatic rings. The fraction of sp³-hybridized carbons (Fsp3) is 0.385. The molecule has 0 bridgehead atoms. The summed E-state index contributed by atoms with van der Waals surface area (Å²) >= 11 is 6.02. The van der Waals surface area contributed by atoms with E-state index in [2.05, 4.69) is 31.8 Å². The molecule has 1 nitrogen and oxygen atoms in total. The molecule has 0 fully saturated rings. The zero-order valence-electron chi connectivity index (χ0n) is 9.39. The minimum Gasteiger partial charge on any atom is -0.307 e. The summed E-state index contributed by atoms with van der Waals surface area (Å²) in [7, 11) is 0. The Labute approximate surface area is 97.1 Å². The highest BCUT2D eigenvalue weighted by molar-refractivity contribution is 6.30. The summed E-state index contributed by atoms with van der Waals surface area (Å²) < 4.78 is 0. The van der Waals surface area contributed by atoms with Gasteiger partial charge in [-0.3, -0.25) is 0 Å². The van der Waals surface area contributed by atoms with Crippen molar-refractivity contribution in [2.45, 2.75) is 26.3 Å². The minimum absolute atomic E-state index is 0.197. The van der Waals surface area contributed by atoms with Gasteiger partial charge in [-0.25, -0.2) is 0 Å². The molecule has 0 aliphatic carbocycles. The van der Waals surface area contributed by atoms with Gasteiger partial charge in [0.2, 0.25) is 0 Å². The van der Waals surface area contributed by atoms with Crippen molar-refractivity contribution < 1.29 is 0 Å². The average Bonchev–Trinajstić information content (AvgIpc) is 2.17. The van der Waals surface area contributed by atoms with Crippen LogP contribution in [0.1, 0.15) is 30.5 Å². The predicted molar refractivity (Wildman–Crippen MR) is 67.4 cm³/mol. The summed E-state index contributed by atoms with van der Waals surface area (Å²) in [5.74, 6) is 0. The maximum atomic E-state index is 6.02. The molecule has 1 atom stereocenters. The van der Waals surface area contributed by atoms with E-state index in [4.69, 9.17) is 11.6 Å². The van der Waals surface area contributed by atoms with E-state index in [1.165, 1.54) is 11.1 Å². The first-order valence-corrected chi connectivity index (χ1v) is 5.68. The average molecular weight is 224 g/mol. The molecule has 0 saturated heterocycles. The molecular formula is C13H18ClN. The number of hydrogen-bond donors (Lipinski definition) is 1. The summed E-state index contributed by atoms with van der Waals surface area (Å²) in [6, 6.07) is 6.29. The molecule has 1 aromatic carbocycles. The van der Waals surface area contributed by atoms with Gasteiger partial charge < -0.3 is 5.32 Å². The number of benzene rings is 1. The Morgan fingerprint density at radius 1 is 1.47 bits per heavy atom. The molecule has 0 aliphatic heterocycles. The summed E-state index contributed by atoms with van der Waals surface area (Å²) in [6.45, 7) is 9.03. The number of halogens is 1. The molecule has 15 heavy (non-hydrogen) atoms. The molecule has 2 heteroatoms. The Bertz CT molecular complexity index is 313. The topological polar surface area (TPSA) is 12.0 Å². The van der Waals surface area contributed by atoms with E-state index in [1.54, 1.807) is 0 Å². The maximum absolute atomic E-state index is 6.02. The lowest BCUT2D eigenvalue weighted by Gasteiger charge is -2.15. The van der Waals surface area contributed by atoms with Gasteiger partial charge in [0.1, 0.15) is 0 Å². The van der Waals surface area contributed by atoms with E-state index in [9.17, 15) is 0 Å². The molecule has 82 valence electrons. The molecule has 0 amide bonds. The highest BCUT2D eigenvalue weighted by Crippen LogP contribution is 2.20. The van der Waals surface area contributed by atoms with Gasteiger partial charge in [0.25, 0.3) is 0 Å². The van der Waals surface area contributed by atoms with Gasteiger partial charge in [0, 0.05) is 5.02 Å². The van der Waals surface area contributed by atoms with Gasteiger partial charge in [-0.05, 0) is 43.1 Å². The molecule has 1 aromatic rings. The Morgan fingerprint density at radius 3 is 2.73 bits per heavy atom. The van der Waals surface area contributed by atoms with Gasteiger partial charge in [0.05, 0.1) is 6.04 Å². The fourth-order valence-corrected chi connectivity index (χ4v) is 1.88. The van der Waals surface area contributed by atoms with Crippen LogP contribution in [-0.2, 0) is 0 Å². The van der Waals surface area contributed by atoms with Crippen LogP contribution in [0.3, 0.4) is 0 Å². The Balaban J connectivity index is 2.86. The standard InChI is InChI=1S/C13H18ClN/c1-4-6-15-13(5-2)11-7-10(3)8-12(14)9-11/h5,7-9,13,15H,2,4,6H2,1,3H3. The molecule has 1 unspecified atom stereocenters. The SMILES string of the molecule is C=CC(NCCC)c1cc(C)cc(Cl)c1. The van der Waals surface area contributed by atoms with Crippen molar-refractivity contribution in [2.24, 2.45) is 0 Å². The largest absolute Gasteiger partial charge is 0.307 e. The van der Waals surface area contributed by atoms with Gasteiger partial charge in [0.15, 0.2) is 0 Å². The Kier molecular flexibility index (Phi) is 4.86. The van der Waals surface area contributed by atoms with Gasteiger partial charge in [-0.1, -0.05) is 30.7 Å². The van der Waals surface area contributed by atoms with Crippen LogP contribution < -0.4 is 5.32 Å². The lowest BCUT2D eigenvalue weighted by molar-refractivity contribution is 0.613. The van der Waals surface area contributed by atoms with E-state index in [0.29, 0.717) is 0 Å². The highest BCUT2D eigenvalue weighted by atomic mass is 35.5. The second kappa shape index (κ2) is 5.94. The van der Waals surface area contributed by atoms with Crippen molar-refractivity contribution in [1.29, 1.82) is 0 Å². The zero-order valence-corrected chi connectivity index (χ0v) is 10.1. The van der Waals surface area contributed by atoms with Crippen LogP contribution in [-0.4, -0.2) is 6.54 Å². The van der Waals surface area contributed by atoms with E-state index in [0.717, 1.165) is 18.0 Å². The second-order valence-corrected chi connectivity index (χ2v) is 4.17. The van der Waals surface area contributed by atoms with Crippen LogP contribution in [0.15, 0.2) is 30.9 Å². The Hall–Kier alpha value is -0.790. The van der Waals surface area contributed by atoms with Crippen molar-refractivity contribution >= 4 is 11.6 Å². The Morgan fingerprint density at radius 2 is 2.20 bits per heavy atom. The van der Waals surface area contributed by atoms with Crippen molar-refractivity contribution in [2.75, 3.05) is 6.54 Å². The van der Waals surface area contributed by atoms with Crippen LogP contribution in [0.4, 0.5) is 0 Å². The monoisotopic (exact) mass is 223 g/mol. The van der Waals surface area contributed by atoms with E-state index < -0.39 is 0 Å². The predicted octanol–water partition coefficient (Wildman–Crippen LogP) is 3.88. The van der Waals surface area contributed by atoms with Crippen molar-refractivity contribution in [3.63, 3.8) is 0 Å². The first-order chi connectivity index (χ1) is 7.17. The zero-order chi connectivity index (χ0) is 11.3. The van der Waals surface area contributed by atoms with Gasteiger partial charge in [-0.2, -0.15) is 0 Å².